The molecular weight excluding hydrogens is 765 g/mol. The third kappa shape index (κ3) is 16.4. The molecule has 0 aliphatic heterocycles. The number of rotatable bonds is 6. The number of phenols is 2. The molecule has 0 fully saturated rings. The van der Waals surface area contributed by atoms with Gasteiger partial charge in [0, 0.05) is 57.8 Å². The molecule has 0 amide bonds. The predicted molar refractivity (Wildman–Crippen MR) is 205 cm³/mol. The molecule has 13 heteroatoms. The van der Waals surface area contributed by atoms with Crippen molar-refractivity contribution in [1.29, 1.82) is 0 Å². The zero-order valence-corrected chi connectivity index (χ0v) is 33.3. The summed E-state index contributed by atoms with van der Waals surface area (Å²) in [4.78, 5) is 7.57. The summed E-state index contributed by atoms with van der Waals surface area (Å²) in [6.45, 7) is 3.29. The molecule has 0 spiro atoms. The zero-order chi connectivity index (χ0) is 37.6. The molecule has 4 aromatic carbocycles. The minimum atomic E-state index is -0.438. The van der Waals surface area contributed by atoms with Crippen LogP contribution in [0.5, 0.6) is 11.5 Å². The van der Waals surface area contributed by atoms with Crippen LogP contribution < -0.4 is 10.2 Å². The molecular formula is C40H34Cl2N6O4Zn. The number of aromatic nitrogens is 2. The number of phenolic OH excluding ortho intramolecular Hbond substituents is 2. The van der Waals surface area contributed by atoms with Crippen molar-refractivity contribution in [1.82, 2.24) is 9.97 Å². The van der Waals surface area contributed by atoms with E-state index >= 15 is 0 Å². The quantitative estimate of drug-likeness (QED) is 0.0777. The first-order chi connectivity index (χ1) is 25.2. The van der Waals surface area contributed by atoms with E-state index in [1.54, 1.807) is 111 Å². The van der Waals surface area contributed by atoms with Crippen molar-refractivity contribution in [3.63, 3.8) is 0 Å². The smallest absolute Gasteiger partial charge is 0.857 e. The third-order valence-corrected chi connectivity index (χ3v) is 6.92. The standard InChI is InChI=1S/2C15H13ClN2O2.2C5H5N.Zn/c2*1-10(13-9-12(16)7-8-14(13)19)17-18-15(20)11-5-3-2-4-6-11;2*1-2-4-6-5-3-1;/h2*2-9,19H,1H3,(H,18,20);2*1-5H;/q;;;;+2/p-2/b2*17-10-;;;. The SMILES string of the molecule is C/C(=N/N=C(\[O-])c1ccccc1)c1cc(Cl)ccc1O.C/C(=N/N=C(\[O-])c1ccccc1)c1cc(Cl)ccc1O.[Zn+2].c1ccncc1.c1ccncc1. The van der Waals surface area contributed by atoms with E-state index in [-0.39, 0.29) is 31.0 Å². The minimum absolute atomic E-state index is 0. The van der Waals surface area contributed by atoms with Gasteiger partial charge in [0.2, 0.25) is 0 Å². The van der Waals surface area contributed by atoms with Gasteiger partial charge >= 0.3 is 19.5 Å². The number of pyridine rings is 2. The molecule has 0 radical (unpaired) electrons. The Balaban J connectivity index is 0.000000275. The topological polar surface area (TPSA) is 162 Å². The van der Waals surface area contributed by atoms with Crippen molar-refractivity contribution in [3.8, 4) is 11.5 Å². The molecule has 0 saturated carbocycles. The number of hydrogen-bond donors (Lipinski definition) is 2. The second kappa shape index (κ2) is 24.4. The van der Waals surface area contributed by atoms with Gasteiger partial charge in [-0.15, -0.1) is 0 Å². The molecule has 264 valence electrons. The van der Waals surface area contributed by atoms with Crippen LogP contribution in [0, 0.1) is 0 Å². The molecule has 6 aromatic rings. The van der Waals surface area contributed by atoms with Gasteiger partial charge in [0.15, 0.2) is 0 Å². The average molecular weight is 799 g/mol. The van der Waals surface area contributed by atoms with Crippen LogP contribution >= 0.6 is 23.2 Å². The van der Waals surface area contributed by atoms with E-state index in [0.29, 0.717) is 43.7 Å². The molecule has 0 aliphatic rings. The second-order valence-corrected chi connectivity index (χ2v) is 11.2. The Morgan fingerprint density at radius 1 is 0.491 bits per heavy atom. The molecule has 2 N–H and O–H groups in total. The maximum Gasteiger partial charge on any atom is 2.00 e. The van der Waals surface area contributed by atoms with Crippen LogP contribution in [0.15, 0.2) is 179 Å². The van der Waals surface area contributed by atoms with Crippen molar-refractivity contribution in [2.24, 2.45) is 20.4 Å². The number of benzene rings is 4. The van der Waals surface area contributed by atoms with Crippen LogP contribution in [0.3, 0.4) is 0 Å². The fourth-order valence-corrected chi connectivity index (χ4v) is 4.19. The Labute approximate surface area is 331 Å². The van der Waals surface area contributed by atoms with Crippen molar-refractivity contribution in [3.05, 3.63) is 191 Å². The Morgan fingerprint density at radius 3 is 1.09 bits per heavy atom. The Morgan fingerprint density at radius 2 is 0.811 bits per heavy atom. The molecule has 0 saturated heterocycles. The first-order valence-corrected chi connectivity index (χ1v) is 16.3. The van der Waals surface area contributed by atoms with Gasteiger partial charge in [-0.3, -0.25) is 9.97 Å². The molecule has 6 rings (SSSR count). The Kier molecular flexibility index (Phi) is 20.0. The minimum Gasteiger partial charge on any atom is -0.857 e. The van der Waals surface area contributed by atoms with Gasteiger partial charge in [0.25, 0.3) is 0 Å². The fraction of sp³-hybridized carbons (Fsp3) is 0.0500. The summed E-state index contributed by atoms with van der Waals surface area (Å²) >= 11 is 11.7. The largest absolute Gasteiger partial charge is 2.00 e. The van der Waals surface area contributed by atoms with Crippen molar-refractivity contribution in [2.75, 3.05) is 0 Å². The van der Waals surface area contributed by atoms with Crippen LogP contribution in [0.25, 0.3) is 0 Å². The van der Waals surface area contributed by atoms with E-state index in [4.69, 9.17) is 23.2 Å². The van der Waals surface area contributed by atoms with Crippen LogP contribution in [0.2, 0.25) is 10.0 Å². The monoisotopic (exact) mass is 796 g/mol. The van der Waals surface area contributed by atoms with Gasteiger partial charge in [0.05, 0.1) is 11.4 Å². The van der Waals surface area contributed by atoms with E-state index in [1.165, 1.54) is 12.1 Å². The molecule has 10 nitrogen and oxygen atoms in total. The third-order valence-electron chi connectivity index (χ3n) is 6.45. The molecule has 2 heterocycles. The van der Waals surface area contributed by atoms with Gasteiger partial charge in [-0.1, -0.05) is 96.0 Å². The van der Waals surface area contributed by atoms with E-state index in [2.05, 4.69) is 30.4 Å². The summed E-state index contributed by atoms with van der Waals surface area (Å²) in [5, 5.41) is 58.9. The summed E-state index contributed by atoms with van der Waals surface area (Å²) in [5.41, 5.74) is 2.63. The number of aromatic hydroxyl groups is 2. The van der Waals surface area contributed by atoms with Crippen molar-refractivity contribution >= 4 is 46.4 Å². The number of nitrogens with zero attached hydrogens (tertiary/aromatic N) is 6. The summed E-state index contributed by atoms with van der Waals surface area (Å²) in [7, 11) is 0. The van der Waals surface area contributed by atoms with Gasteiger partial charge in [-0.25, -0.2) is 0 Å². The summed E-state index contributed by atoms with van der Waals surface area (Å²) in [5.74, 6) is -0.797. The van der Waals surface area contributed by atoms with Gasteiger partial charge < -0.3 is 20.4 Å². The van der Waals surface area contributed by atoms with E-state index in [9.17, 15) is 20.4 Å². The van der Waals surface area contributed by atoms with Crippen LogP contribution in [-0.2, 0) is 19.5 Å². The first kappa shape index (κ1) is 43.4. The Bertz CT molecular complexity index is 1870. The average Bonchev–Trinajstić information content (AvgIpc) is 3.20. The number of hydrogen-bond acceptors (Lipinski definition) is 10. The normalized spacial score (nSPS) is 11.2. The molecule has 2 aromatic heterocycles. The zero-order valence-electron chi connectivity index (χ0n) is 28.9. The van der Waals surface area contributed by atoms with Crippen LogP contribution in [0.1, 0.15) is 36.1 Å². The first-order valence-electron chi connectivity index (χ1n) is 15.5. The molecule has 53 heavy (non-hydrogen) atoms. The molecule has 0 bridgehead atoms. The van der Waals surface area contributed by atoms with E-state index in [1.807, 2.05) is 48.5 Å². The summed E-state index contributed by atoms with van der Waals surface area (Å²) in [6, 6.07) is 37.9. The van der Waals surface area contributed by atoms with Gasteiger partial charge in [0.1, 0.15) is 11.5 Å². The molecule has 0 atom stereocenters. The van der Waals surface area contributed by atoms with E-state index < -0.39 is 11.8 Å². The Hall–Kier alpha value is -5.74. The van der Waals surface area contributed by atoms with Gasteiger partial charge in [-0.2, -0.15) is 20.4 Å². The van der Waals surface area contributed by atoms with Crippen LogP contribution in [-0.4, -0.2) is 43.4 Å². The summed E-state index contributed by atoms with van der Waals surface area (Å²) < 4.78 is 0. The van der Waals surface area contributed by atoms with Crippen molar-refractivity contribution < 1.29 is 39.9 Å². The molecule has 0 aliphatic carbocycles. The van der Waals surface area contributed by atoms with E-state index in [0.717, 1.165) is 0 Å². The second-order valence-electron chi connectivity index (χ2n) is 10.3. The fourth-order valence-electron chi connectivity index (χ4n) is 3.85. The maximum atomic E-state index is 11.8. The van der Waals surface area contributed by atoms with Crippen LogP contribution in [0.4, 0.5) is 0 Å². The van der Waals surface area contributed by atoms with Gasteiger partial charge in [-0.05, 0) is 85.6 Å². The summed E-state index contributed by atoms with van der Waals surface area (Å²) in [6.07, 6.45) is 7.00. The number of halogens is 2. The molecule has 0 unspecified atom stereocenters. The maximum absolute atomic E-state index is 11.8. The predicted octanol–water partition coefficient (Wildman–Crippen LogP) is 7.31. The van der Waals surface area contributed by atoms with Crippen molar-refractivity contribution in [2.45, 2.75) is 13.8 Å².